The molecule has 0 aliphatic heterocycles. The van der Waals surface area contributed by atoms with Gasteiger partial charge in [0.1, 0.15) is 5.82 Å². The fourth-order valence-electron chi connectivity index (χ4n) is 1.92. The zero-order chi connectivity index (χ0) is 19.9. The summed E-state index contributed by atoms with van der Waals surface area (Å²) in [7, 11) is 0. The zero-order valence-corrected chi connectivity index (χ0v) is 14.4. The summed E-state index contributed by atoms with van der Waals surface area (Å²) in [6.07, 6.45) is -12.6. The van der Waals surface area contributed by atoms with E-state index in [4.69, 9.17) is 23.2 Å². The minimum Gasteiger partial charge on any atom is -0.211 e. The van der Waals surface area contributed by atoms with Gasteiger partial charge in [-0.3, -0.25) is 0 Å². The number of rotatable bonds is 3. The highest BCUT2D eigenvalue weighted by molar-refractivity contribution is 8.00. The van der Waals surface area contributed by atoms with Gasteiger partial charge in [0.2, 0.25) is 0 Å². The van der Waals surface area contributed by atoms with E-state index in [0.717, 1.165) is 12.1 Å². The highest BCUT2D eigenvalue weighted by Gasteiger charge is 2.73. The van der Waals surface area contributed by atoms with Crippen molar-refractivity contribution in [2.24, 2.45) is 0 Å². The number of hydrogen-bond donors (Lipinski definition) is 0. The lowest BCUT2D eigenvalue weighted by atomic mass is 10.1. The van der Waals surface area contributed by atoms with E-state index in [1.165, 1.54) is 12.1 Å². The molecule has 0 atom stereocenters. The highest BCUT2D eigenvalue weighted by atomic mass is 35.5. The van der Waals surface area contributed by atoms with Crippen molar-refractivity contribution < 1.29 is 35.1 Å². The summed E-state index contributed by atoms with van der Waals surface area (Å²) in [6, 6.07) is 7.32. The van der Waals surface area contributed by atoms with Crippen LogP contribution in [0.4, 0.5) is 35.1 Å². The summed E-state index contributed by atoms with van der Waals surface area (Å²) in [6.45, 7) is 0. The van der Waals surface area contributed by atoms with Crippen molar-refractivity contribution >= 4 is 35.0 Å². The quantitative estimate of drug-likeness (QED) is 0.352. The number of alkyl halides is 7. The molecule has 0 aliphatic rings. The van der Waals surface area contributed by atoms with Crippen LogP contribution in [0.3, 0.4) is 0 Å². The van der Waals surface area contributed by atoms with Gasteiger partial charge in [0.15, 0.2) is 0 Å². The van der Waals surface area contributed by atoms with Crippen LogP contribution in [0.25, 0.3) is 11.1 Å². The van der Waals surface area contributed by atoms with Gasteiger partial charge < -0.3 is 0 Å². The van der Waals surface area contributed by atoms with Gasteiger partial charge in [-0.05, 0) is 12.1 Å². The van der Waals surface area contributed by atoms with Crippen molar-refractivity contribution in [2.75, 3.05) is 0 Å². The first kappa shape index (κ1) is 21.1. The van der Waals surface area contributed by atoms with Crippen molar-refractivity contribution in [1.29, 1.82) is 0 Å². The van der Waals surface area contributed by atoms with Gasteiger partial charge in [0.25, 0.3) is 0 Å². The summed E-state index contributed by atoms with van der Waals surface area (Å²) in [5, 5.41) is -6.69. The second-order valence-electron chi connectivity index (χ2n) is 4.84. The van der Waals surface area contributed by atoms with E-state index in [-0.39, 0.29) is 0 Å². The Balaban J connectivity index is 2.72. The monoisotopic (exact) mass is 439 g/mol. The minimum absolute atomic E-state index is 0.431. The molecule has 0 aromatic heterocycles. The molecule has 2 aromatic carbocycles. The van der Waals surface area contributed by atoms with Crippen LogP contribution in [-0.4, -0.2) is 17.4 Å². The second-order valence-corrected chi connectivity index (χ2v) is 6.83. The maximum absolute atomic E-state index is 14.1. The van der Waals surface area contributed by atoms with Crippen LogP contribution in [-0.2, 0) is 0 Å². The van der Waals surface area contributed by atoms with E-state index in [9.17, 15) is 35.1 Å². The molecule has 0 saturated heterocycles. The lowest BCUT2D eigenvalue weighted by molar-refractivity contribution is -0.302. The van der Waals surface area contributed by atoms with Gasteiger partial charge in [0.05, 0.1) is 10.0 Å². The Morgan fingerprint density at radius 3 is 1.92 bits per heavy atom. The largest absolute Gasteiger partial charge is 0.441 e. The highest BCUT2D eigenvalue weighted by Crippen LogP contribution is 2.57. The number of hydrogen-bond acceptors (Lipinski definition) is 1. The lowest BCUT2D eigenvalue weighted by Crippen LogP contribution is -2.50. The topological polar surface area (TPSA) is 0 Å². The molecule has 0 heterocycles. The van der Waals surface area contributed by atoms with E-state index < -0.39 is 61.0 Å². The molecule has 2 aromatic rings. The van der Waals surface area contributed by atoms with E-state index in [1.54, 1.807) is 0 Å². The smallest absolute Gasteiger partial charge is 0.211 e. The molecular formula is C15H5Cl2F8S. The molecule has 0 N–H and O–H groups in total. The van der Waals surface area contributed by atoms with Crippen LogP contribution in [0.2, 0.25) is 10.0 Å². The zero-order valence-electron chi connectivity index (χ0n) is 12.1. The van der Waals surface area contributed by atoms with E-state index in [2.05, 4.69) is 6.07 Å². The molecule has 0 nitrogen and oxygen atoms in total. The Labute approximate surface area is 156 Å². The van der Waals surface area contributed by atoms with E-state index >= 15 is 0 Å². The standard InChI is InChI=1S/C15H5Cl2F8S/c16-7-5-9(17)12(8-3-1-2-4-10(8)18)11(6-7)26-13(19,14(20,21)22)15(23,24)25/h1-4,6H. The molecule has 2 rings (SSSR count). The third-order valence-electron chi connectivity index (χ3n) is 3.08. The summed E-state index contributed by atoms with van der Waals surface area (Å²) < 4.78 is 105. The van der Waals surface area contributed by atoms with Crippen molar-refractivity contribution in [1.82, 2.24) is 0 Å². The van der Waals surface area contributed by atoms with Crippen LogP contribution in [0, 0.1) is 11.9 Å². The van der Waals surface area contributed by atoms with Gasteiger partial charge in [-0.25, -0.2) is 8.78 Å². The Kier molecular flexibility index (Phi) is 5.76. The number of benzene rings is 2. The van der Waals surface area contributed by atoms with Gasteiger partial charge in [-0.2, -0.15) is 26.3 Å². The van der Waals surface area contributed by atoms with Crippen molar-refractivity contribution in [2.45, 2.75) is 22.2 Å². The Hall–Kier alpha value is -1.19. The molecule has 26 heavy (non-hydrogen) atoms. The van der Waals surface area contributed by atoms with Gasteiger partial charge >= 0.3 is 17.4 Å². The molecule has 0 saturated carbocycles. The Morgan fingerprint density at radius 1 is 0.885 bits per heavy atom. The Morgan fingerprint density at radius 2 is 1.42 bits per heavy atom. The van der Waals surface area contributed by atoms with Crippen LogP contribution in [0.5, 0.6) is 0 Å². The lowest BCUT2D eigenvalue weighted by Gasteiger charge is -2.30. The first-order valence-corrected chi connectivity index (χ1v) is 8.03. The van der Waals surface area contributed by atoms with E-state index in [0.29, 0.717) is 6.07 Å². The SMILES string of the molecule is Fc1ccccc1-c1c(Cl)[c]c(Cl)cc1SC(F)(C(F)(F)F)C(F)(F)F. The average Bonchev–Trinajstić information content (AvgIpc) is 2.46. The van der Waals surface area contributed by atoms with Gasteiger partial charge in [-0.1, -0.05) is 53.2 Å². The molecular weight excluding hydrogens is 435 g/mol. The molecule has 141 valence electrons. The molecule has 0 aliphatic carbocycles. The first-order chi connectivity index (χ1) is 11.8. The summed E-state index contributed by atoms with van der Waals surface area (Å²) >= 11 is 10.2. The molecule has 0 amide bonds. The molecule has 0 spiro atoms. The van der Waals surface area contributed by atoms with Crippen molar-refractivity contribution in [3.8, 4) is 11.1 Å². The van der Waals surface area contributed by atoms with Gasteiger partial charge in [-0.15, -0.1) is 0 Å². The van der Waals surface area contributed by atoms with Crippen LogP contribution < -0.4 is 0 Å². The summed E-state index contributed by atoms with van der Waals surface area (Å²) in [5.41, 5.74) is -1.02. The van der Waals surface area contributed by atoms with Crippen molar-refractivity contribution in [3.63, 3.8) is 0 Å². The molecule has 0 bridgehead atoms. The van der Waals surface area contributed by atoms with Gasteiger partial charge in [0, 0.05) is 22.1 Å². The Bertz CT molecular complexity index is 802. The molecule has 11 heteroatoms. The first-order valence-electron chi connectivity index (χ1n) is 6.45. The fraction of sp³-hybridized carbons (Fsp3) is 0.200. The predicted octanol–water partition coefficient (Wildman–Crippen LogP) is 7.48. The molecule has 1 radical (unpaired) electrons. The van der Waals surface area contributed by atoms with Crippen molar-refractivity contribution in [3.05, 3.63) is 52.3 Å². The number of halogens is 10. The maximum Gasteiger partial charge on any atom is 0.441 e. The summed E-state index contributed by atoms with van der Waals surface area (Å²) in [4.78, 5) is -0.944. The fourth-order valence-corrected chi connectivity index (χ4v) is 3.63. The minimum atomic E-state index is -6.30. The molecule has 0 fully saturated rings. The normalized spacial score (nSPS) is 13.2. The van der Waals surface area contributed by atoms with E-state index in [1.807, 2.05) is 0 Å². The maximum atomic E-state index is 14.1. The average molecular weight is 440 g/mol. The predicted molar refractivity (Wildman–Crippen MR) is 82.5 cm³/mol. The molecule has 0 unspecified atom stereocenters. The van der Waals surface area contributed by atoms with Crippen LogP contribution >= 0.6 is 35.0 Å². The van der Waals surface area contributed by atoms with Crippen LogP contribution in [0.1, 0.15) is 0 Å². The second kappa shape index (κ2) is 7.09. The van der Waals surface area contributed by atoms with Crippen LogP contribution in [0.15, 0.2) is 35.2 Å². The summed E-state index contributed by atoms with van der Waals surface area (Å²) in [5.74, 6) is -0.990. The third kappa shape index (κ3) is 3.89. The third-order valence-corrected chi connectivity index (χ3v) is 4.85. The number of thioether (sulfide) groups is 1.